The molecule has 0 unspecified atom stereocenters. The van der Waals surface area contributed by atoms with Crippen LogP contribution in [0.5, 0.6) is 0 Å². The van der Waals surface area contributed by atoms with E-state index < -0.39 is 0 Å². The lowest BCUT2D eigenvalue weighted by atomic mass is 9.88. The van der Waals surface area contributed by atoms with Crippen molar-refractivity contribution in [3.8, 4) is 0 Å². The number of ether oxygens (including phenoxy) is 1. The largest absolute Gasteiger partial charge is 0.381 e. The van der Waals surface area contributed by atoms with Gasteiger partial charge in [-0.05, 0) is 74.0 Å². The van der Waals surface area contributed by atoms with Crippen molar-refractivity contribution in [2.24, 2.45) is 35.5 Å². The minimum absolute atomic E-state index is 0.937. The molecular weight excluding hydrogens is 208 g/mol. The second-order valence-electron chi connectivity index (χ2n) is 7.41. The van der Waals surface area contributed by atoms with Crippen molar-refractivity contribution in [1.29, 1.82) is 0 Å². The van der Waals surface area contributed by atoms with Crippen LogP contribution in [0.25, 0.3) is 0 Å². The first-order valence-electron chi connectivity index (χ1n) is 7.96. The van der Waals surface area contributed by atoms with Gasteiger partial charge in [0, 0.05) is 13.2 Å². The molecule has 96 valence electrons. The summed E-state index contributed by atoms with van der Waals surface area (Å²) in [7, 11) is 0. The van der Waals surface area contributed by atoms with Gasteiger partial charge >= 0.3 is 0 Å². The maximum atomic E-state index is 6.11. The number of rotatable bonds is 4. The summed E-state index contributed by atoms with van der Waals surface area (Å²) < 4.78 is 6.11. The van der Waals surface area contributed by atoms with Gasteiger partial charge in [0.1, 0.15) is 0 Å². The Morgan fingerprint density at radius 1 is 0.647 bits per heavy atom. The lowest BCUT2D eigenvalue weighted by Crippen LogP contribution is -2.22. The lowest BCUT2D eigenvalue weighted by molar-refractivity contribution is 0.0413. The van der Waals surface area contributed by atoms with E-state index >= 15 is 0 Å². The third-order valence-corrected chi connectivity index (χ3v) is 6.43. The fraction of sp³-hybridized carbons (Fsp3) is 1.00. The van der Waals surface area contributed by atoms with Crippen LogP contribution >= 0.6 is 0 Å². The van der Waals surface area contributed by atoms with Crippen LogP contribution in [0.4, 0.5) is 0 Å². The van der Waals surface area contributed by atoms with Gasteiger partial charge in [-0.25, -0.2) is 0 Å². The molecule has 17 heavy (non-hydrogen) atoms. The highest BCUT2D eigenvalue weighted by molar-refractivity contribution is 4.91. The van der Waals surface area contributed by atoms with E-state index in [2.05, 4.69) is 0 Å². The highest BCUT2D eigenvalue weighted by atomic mass is 16.5. The molecule has 0 heterocycles. The average molecular weight is 234 g/mol. The molecule has 1 nitrogen and oxygen atoms in total. The molecule has 4 bridgehead atoms. The maximum Gasteiger partial charge on any atom is 0.0497 e. The summed E-state index contributed by atoms with van der Waals surface area (Å²) in [6, 6.07) is 0. The van der Waals surface area contributed by atoms with Crippen molar-refractivity contribution in [1.82, 2.24) is 0 Å². The molecule has 0 N–H and O–H groups in total. The van der Waals surface area contributed by atoms with E-state index in [1.165, 1.54) is 51.4 Å². The fourth-order valence-corrected chi connectivity index (χ4v) is 5.53. The smallest absolute Gasteiger partial charge is 0.0497 e. The standard InChI is InChI=1S/C16H26O/c1-3-13-5-11(1)7-15(13)9-17-10-16-8-12-2-4-14(16)6-12/h11-16H,1-10H2/t11-,12+,13+,14-,15+,16-. The Morgan fingerprint density at radius 2 is 1.18 bits per heavy atom. The van der Waals surface area contributed by atoms with Crippen molar-refractivity contribution in [3.05, 3.63) is 0 Å². The zero-order valence-electron chi connectivity index (χ0n) is 10.9. The van der Waals surface area contributed by atoms with Crippen LogP contribution in [0.2, 0.25) is 0 Å². The van der Waals surface area contributed by atoms with Crippen molar-refractivity contribution in [2.75, 3.05) is 13.2 Å². The van der Waals surface area contributed by atoms with Gasteiger partial charge in [0.05, 0.1) is 0 Å². The Bertz CT molecular complexity index is 259. The Hall–Kier alpha value is -0.0400. The number of hydrogen-bond donors (Lipinski definition) is 0. The van der Waals surface area contributed by atoms with E-state index in [1.54, 1.807) is 0 Å². The molecule has 0 amide bonds. The Labute approximate surface area is 105 Å². The van der Waals surface area contributed by atoms with E-state index in [9.17, 15) is 0 Å². The molecule has 0 aliphatic heterocycles. The number of fused-ring (bicyclic) bond motifs is 4. The van der Waals surface area contributed by atoms with Crippen LogP contribution < -0.4 is 0 Å². The SMILES string of the molecule is C1C[C@H]2C[C@@H]1C[C@H]2COC[C@H]1C[C@H]2CC[C@@H]1C2. The second kappa shape index (κ2) is 4.26. The van der Waals surface area contributed by atoms with Crippen LogP contribution in [0.1, 0.15) is 51.4 Å². The summed E-state index contributed by atoms with van der Waals surface area (Å²) in [6.07, 6.45) is 12.1. The van der Waals surface area contributed by atoms with Gasteiger partial charge in [-0.3, -0.25) is 0 Å². The van der Waals surface area contributed by atoms with Gasteiger partial charge in [-0.15, -0.1) is 0 Å². The summed E-state index contributed by atoms with van der Waals surface area (Å²) in [5, 5.41) is 0. The molecule has 0 aromatic heterocycles. The van der Waals surface area contributed by atoms with Crippen LogP contribution in [0, 0.1) is 35.5 Å². The zero-order valence-corrected chi connectivity index (χ0v) is 10.9. The minimum atomic E-state index is 0.937. The molecule has 0 saturated heterocycles. The Balaban J connectivity index is 1.22. The molecule has 4 saturated carbocycles. The van der Waals surface area contributed by atoms with E-state index in [0.29, 0.717) is 0 Å². The van der Waals surface area contributed by atoms with Crippen molar-refractivity contribution in [3.63, 3.8) is 0 Å². The van der Waals surface area contributed by atoms with Crippen molar-refractivity contribution >= 4 is 0 Å². The molecule has 0 aromatic rings. The summed E-state index contributed by atoms with van der Waals surface area (Å²) in [5.41, 5.74) is 0. The van der Waals surface area contributed by atoms with Crippen LogP contribution in [-0.2, 0) is 4.74 Å². The van der Waals surface area contributed by atoms with Crippen molar-refractivity contribution in [2.45, 2.75) is 51.4 Å². The molecule has 0 radical (unpaired) electrons. The maximum absolute atomic E-state index is 6.11. The predicted molar refractivity (Wildman–Crippen MR) is 68.7 cm³/mol. The van der Waals surface area contributed by atoms with Gasteiger partial charge in [-0.1, -0.05) is 12.8 Å². The minimum Gasteiger partial charge on any atom is -0.381 e. The topological polar surface area (TPSA) is 9.23 Å². The molecule has 1 heteroatoms. The first-order valence-corrected chi connectivity index (χ1v) is 7.96. The van der Waals surface area contributed by atoms with Crippen LogP contribution in [-0.4, -0.2) is 13.2 Å². The highest BCUT2D eigenvalue weighted by Crippen LogP contribution is 2.50. The fourth-order valence-electron chi connectivity index (χ4n) is 5.53. The summed E-state index contributed by atoms with van der Waals surface area (Å²) >= 11 is 0. The summed E-state index contributed by atoms with van der Waals surface area (Å²) in [5.74, 6) is 6.12. The average Bonchev–Trinajstić information content (AvgIpc) is 3.09. The van der Waals surface area contributed by atoms with Crippen LogP contribution in [0.15, 0.2) is 0 Å². The van der Waals surface area contributed by atoms with E-state index in [1.807, 2.05) is 0 Å². The second-order valence-corrected chi connectivity index (χ2v) is 7.41. The molecule has 4 fully saturated rings. The molecule has 6 atom stereocenters. The zero-order chi connectivity index (χ0) is 11.2. The van der Waals surface area contributed by atoms with E-state index in [-0.39, 0.29) is 0 Å². The Morgan fingerprint density at radius 3 is 1.53 bits per heavy atom. The quantitative estimate of drug-likeness (QED) is 0.717. The van der Waals surface area contributed by atoms with Gasteiger partial charge < -0.3 is 4.74 Å². The third-order valence-electron chi connectivity index (χ3n) is 6.43. The molecule has 4 aliphatic carbocycles. The first-order chi connectivity index (χ1) is 8.38. The first kappa shape index (κ1) is 10.8. The van der Waals surface area contributed by atoms with Gasteiger partial charge in [0.2, 0.25) is 0 Å². The lowest BCUT2D eigenvalue weighted by Gasteiger charge is -2.25. The van der Waals surface area contributed by atoms with Gasteiger partial charge in [0.15, 0.2) is 0 Å². The normalized spacial score (nSPS) is 51.5. The summed E-state index contributed by atoms with van der Waals surface area (Å²) in [4.78, 5) is 0. The number of hydrogen-bond acceptors (Lipinski definition) is 1. The van der Waals surface area contributed by atoms with Crippen LogP contribution in [0.3, 0.4) is 0 Å². The van der Waals surface area contributed by atoms with Crippen molar-refractivity contribution < 1.29 is 4.74 Å². The highest BCUT2D eigenvalue weighted by Gasteiger charge is 2.41. The Kier molecular flexibility index (Phi) is 2.72. The molecule has 4 aliphatic rings. The van der Waals surface area contributed by atoms with Gasteiger partial charge in [-0.2, -0.15) is 0 Å². The van der Waals surface area contributed by atoms with Gasteiger partial charge in [0.25, 0.3) is 0 Å². The van der Waals surface area contributed by atoms with E-state index in [4.69, 9.17) is 4.74 Å². The monoisotopic (exact) mass is 234 g/mol. The molecule has 0 spiro atoms. The van der Waals surface area contributed by atoms with E-state index in [0.717, 1.165) is 48.7 Å². The molecule has 0 aromatic carbocycles. The molecular formula is C16H26O. The molecule has 4 rings (SSSR count). The summed E-state index contributed by atoms with van der Waals surface area (Å²) in [6.45, 7) is 2.18. The third kappa shape index (κ3) is 1.95. The predicted octanol–water partition coefficient (Wildman–Crippen LogP) is 3.88.